The summed E-state index contributed by atoms with van der Waals surface area (Å²) in [6.45, 7) is 0. The Kier molecular flexibility index (Phi) is 6.22. The molecule has 0 heterocycles. The lowest BCUT2D eigenvalue weighted by molar-refractivity contribution is 0.0954. The topological polar surface area (TPSA) is 78.4 Å². The van der Waals surface area contributed by atoms with Crippen LogP contribution in [0.2, 0.25) is 0 Å². The van der Waals surface area contributed by atoms with Crippen molar-refractivity contribution in [2.24, 2.45) is 5.10 Å². The number of hydrogen-bond donors (Lipinski definition) is 1. The number of ether oxygens (including phenoxy) is 4. The number of methoxy groups -OCH3 is 4. The third-order valence-electron chi connectivity index (χ3n) is 3.46. The average molecular weight is 344 g/mol. The largest absolute Gasteiger partial charge is 0.497 e. The van der Waals surface area contributed by atoms with Crippen molar-refractivity contribution >= 4 is 12.1 Å². The first kappa shape index (κ1) is 18.1. The van der Waals surface area contributed by atoms with Gasteiger partial charge in [0.15, 0.2) is 11.5 Å². The molecule has 0 saturated carbocycles. The lowest BCUT2D eigenvalue weighted by Crippen LogP contribution is -2.17. The summed E-state index contributed by atoms with van der Waals surface area (Å²) in [7, 11) is 6.16. The molecule has 0 bridgehead atoms. The van der Waals surface area contributed by atoms with Crippen LogP contribution in [0.15, 0.2) is 41.5 Å². The number of hydrazone groups is 1. The van der Waals surface area contributed by atoms with E-state index in [4.69, 9.17) is 18.9 Å². The molecule has 2 aromatic carbocycles. The number of carbonyl (C=O) groups excluding carboxylic acids is 1. The molecule has 2 rings (SSSR count). The molecule has 1 N–H and O–H groups in total. The Morgan fingerprint density at radius 1 is 0.880 bits per heavy atom. The third-order valence-corrected chi connectivity index (χ3v) is 3.46. The molecule has 132 valence electrons. The molecule has 0 aliphatic carbocycles. The summed E-state index contributed by atoms with van der Waals surface area (Å²) in [5.74, 6) is 1.90. The maximum Gasteiger partial charge on any atom is 0.271 e. The molecule has 25 heavy (non-hydrogen) atoms. The van der Waals surface area contributed by atoms with Gasteiger partial charge in [-0.25, -0.2) is 5.43 Å². The van der Waals surface area contributed by atoms with Crippen LogP contribution in [0.4, 0.5) is 0 Å². The van der Waals surface area contributed by atoms with Crippen molar-refractivity contribution in [1.29, 1.82) is 0 Å². The molecule has 0 unspecified atom stereocenters. The Bertz CT molecular complexity index is 774. The zero-order valence-electron chi connectivity index (χ0n) is 14.5. The Morgan fingerprint density at radius 3 is 2.24 bits per heavy atom. The van der Waals surface area contributed by atoms with Crippen LogP contribution >= 0.6 is 0 Å². The van der Waals surface area contributed by atoms with E-state index in [1.807, 2.05) is 0 Å². The van der Waals surface area contributed by atoms with Crippen molar-refractivity contribution in [2.45, 2.75) is 0 Å². The molecule has 1 amide bonds. The van der Waals surface area contributed by atoms with E-state index in [0.717, 1.165) is 0 Å². The van der Waals surface area contributed by atoms with E-state index in [0.29, 0.717) is 34.1 Å². The van der Waals surface area contributed by atoms with E-state index in [-0.39, 0.29) is 5.91 Å². The van der Waals surface area contributed by atoms with Gasteiger partial charge in [-0.05, 0) is 30.3 Å². The van der Waals surface area contributed by atoms with Crippen LogP contribution in [-0.4, -0.2) is 40.6 Å². The smallest absolute Gasteiger partial charge is 0.271 e. The van der Waals surface area contributed by atoms with Gasteiger partial charge in [0, 0.05) is 17.2 Å². The minimum Gasteiger partial charge on any atom is -0.497 e. The second kappa shape index (κ2) is 8.58. The second-order valence-electron chi connectivity index (χ2n) is 4.88. The van der Waals surface area contributed by atoms with Crippen molar-refractivity contribution in [3.8, 4) is 23.0 Å². The highest BCUT2D eigenvalue weighted by Crippen LogP contribution is 2.27. The summed E-state index contributed by atoms with van der Waals surface area (Å²) in [6.07, 6.45) is 1.50. The first-order valence-corrected chi connectivity index (χ1v) is 7.40. The second-order valence-corrected chi connectivity index (χ2v) is 4.88. The highest BCUT2D eigenvalue weighted by atomic mass is 16.5. The van der Waals surface area contributed by atoms with Gasteiger partial charge in [-0.2, -0.15) is 5.10 Å². The van der Waals surface area contributed by atoms with Gasteiger partial charge in [0.2, 0.25) is 0 Å². The molecular weight excluding hydrogens is 324 g/mol. The minimum atomic E-state index is -0.371. The van der Waals surface area contributed by atoms with Crippen LogP contribution < -0.4 is 24.4 Å². The number of carbonyl (C=O) groups is 1. The van der Waals surface area contributed by atoms with Gasteiger partial charge in [-0.1, -0.05) is 0 Å². The Morgan fingerprint density at radius 2 is 1.60 bits per heavy atom. The van der Waals surface area contributed by atoms with Crippen molar-refractivity contribution in [2.75, 3.05) is 28.4 Å². The van der Waals surface area contributed by atoms with Crippen molar-refractivity contribution in [3.05, 3.63) is 47.5 Å². The van der Waals surface area contributed by atoms with E-state index >= 15 is 0 Å². The van der Waals surface area contributed by atoms with E-state index in [9.17, 15) is 4.79 Å². The van der Waals surface area contributed by atoms with E-state index in [1.165, 1.54) is 20.4 Å². The molecular formula is C18H20N2O5. The van der Waals surface area contributed by atoms with Crippen molar-refractivity contribution in [1.82, 2.24) is 5.43 Å². The van der Waals surface area contributed by atoms with Gasteiger partial charge < -0.3 is 18.9 Å². The molecule has 0 aromatic heterocycles. The van der Waals surface area contributed by atoms with Crippen LogP contribution in [0.1, 0.15) is 15.9 Å². The lowest BCUT2D eigenvalue weighted by Gasteiger charge is -2.09. The molecule has 7 nitrogen and oxygen atoms in total. The fourth-order valence-electron chi connectivity index (χ4n) is 2.13. The summed E-state index contributed by atoms with van der Waals surface area (Å²) >= 11 is 0. The van der Waals surface area contributed by atoms with Crippen LogP contribution in [0.5, 0.6) is 23.0 Å². The first-order valence-electron chi connectivity index (χ1n) is 7.40. The fourth-order valence-corrected chi connectivity index (χ4v) is 2.13. The number of nitrogens with one attached hydrogen (secondary N) is 1. The van der Waals surface area contributed by atoms with Gasteiger partial charge in [0.05, 0.1) is 34.7 Å². The molecule has 0 radical (unpaired) electrons. The van der Waals surface area contributed by atoms with E-state index in [1.54, 1.807) is 50.6 Å². The molecule has 0 spiro atoms. The number of nitrogens with zero attached hydrogens (tertiary/aromatic N) is 1. The standard InChI is InChI=1S/C18H20N2O5/c1-22-14-7-5-13(16(10-14)24-3)11-19-20-18(21)12-6-8-15(23-2)17(9-12)25-4/h5-11H,1-4H3,(H,20,21). The Labute approximate surface area is 146 Å². The number of amides is 1. The SMILES string of the molecule is COc1ccc(C=NNC(=O)c2ccc(OC)c(OC)c2)c(OC)c1. The Hall–Kier alpha value is -3.22. The van der Waals surface area contributed by atoms with Crippen molar-refractivity contribution in [3.63, 3.8) is 0 Å². The zero-order chi connectivity index (χ0) is 18.2. The average Bonchev–Trinajstić information content (AvgIpc) is 2.67. The van der Waals surface area contributed by atoms with Gasteiger partial charge in [-0.15, -0.1) is 0 Å². The highest BCUT2D eigenvalue weighted by Gasteiger charge is 2.10. The normalized spacial score (nSPS) is 10.4. The molecule has 2 aromatic rings. The van der Waals surface area contributed by atoms with Gasteiger partial charge in [0.25, 0.3) is 5.91 Å². The zero-order valence-corrected chi connectivity index (χ0v) is 14.5. The van der Waals surface area contributed by atoms with Crippen LogP contribution in [-0.2, 0) is 0 Å². The number of hydrogen-bond acceptors (Lipinski definition) is 6. The molecule has 0 aliphatic rings. The van der Waals surface area contributed by atoms with Gasteiger partial charge in [0.1, 0.15) is 11.5 Å². The van der Waals surface area contributed by atoms with E-state index in [2.05, 4.69) is 10.5 Å². The summed E-state index contributed by atoms with van der Waals surface area (Å²) in [6, 6.07) is 10.2. The maximum atomic E-state index is 12.2. The minimum absolute atomic E-state index is 0.371. The van der Waals surface area contributed by atoms with Gasteiger partial charge >= 0.3 is 0 Å². The molecule has 0 atom stereocenters. The summed E-state index contributed by atoms with van der Waals surface area (Å²) < 4.78 is 20.7. The third kappa shape index (κ3) is 4.41. The van der Waals surface area contributed by atoms with Crippen LogP contribution in [0.3, 0.4) is 0 Å². The molecule has 7 heteroatoms. The quantitative estimate of drug-likeness (QED) is 0.617. The lowest BCUT2D eigenvalue weighted by atomic mass is 10.2. The van der Waals surface area contributed by atoms with Crippen molar-refractivity contribution < 1.29 is 23.7 Å². The summed E-state index contributed by atoms with van der Waals surface area (Å²) in [5, 5.41) is 3.96. The summed E-state index contributed by atoms with van der Waals surface area (Å²) in [5.41, 5.74) is 3.57. The molecule has 0 saturated heterocycles. The summed E-state index contributed by atoms with van der Waals surface area (Å²) in [4.78, 5) is 12.2. The fraction of sp³-hybridized carbons (Fsp3) is 0.222. The van der Waals surface area contributed by atoms with Crippen LogP contribution in [0.25, 0.3) is 0 Å². The van der Waals surface area contributed by atoms with E-state index < -0.39 is 0 Å². The van der Waals surface area contributed by atoms with Gasteiger partial charge in [-0.3, -0.25) is 4.79 Å². The van der Waals surface area contributed by atoms with Crippen LogP contribution in [0, 0.1) is 0 Å². The molecule has 0 fully saturated rings. The first-order chi connectivity index (χ1) is 12.1. The number of rotatable bonds is 7. The Balaban J connectivity index is 2.10. The monoisotopic (exact) mass is 344 g/mol. The predicted octanol–water partition coefficient (Wildman–Crippen LogP) is 2.48. The predicted molar refractivity (Wildman–Crippen MR) is 94.2 cm³/mol. The maximum absolute atomic E-state index is 12.2. The number of benzene rings is 2. The highest BCUT2D eigenvalue weighted by molar-refractivity contribution is 5.95. The molecule has 0 aliphatic heterocycles.